The Hall–Kier alpha value is -3.73. The van der Waals surface area contributed by atoms with E-state index in [4.69, 9.17) is 9.47 Å². The highest BCUT2D eigenvalue weighted by Gasteiger charge is 2.34. The summed E-state index contributed by atoms with van der Waals surface area (Å²) in [6, 6.07) is 6.31. The van der Waals surface area contributed by atoms with E-state index in [1.54, 1.807) is 25.2 Å². The van der Waals surface area contributed by atoms with E-state index in [0.717, 1.165) is 5.56 Å². The van der Waals surface area contributed by atoms with Crippen LogP contribution >= 0.6 is 0 Å². The molecule has 2 aromatic rings. The standard InChI is InChI=1S/C22H22FN5O5/c1-27-19(30)8-12-2-3-15(23)14(20(12)27)9-24-7-6-13-10-28(22(31)33-13)17-5-4-16-21(25-17)26-18(29)11-32-16/h2-5,13,24H,6-11H2,1H3,(H,25,26,29). The Morgan fingerprint density at radius 2 is 2.09 bits per heavy atom. The number of benzene rings is 1. The molecule has 0 bridgehead atoms. The molecule has 3 aliphatic rings. The summed E-state index contributed by atoms with van der Waals surface area (Å²) >= 11 is 0. The van der Waals surface area contributed by atoms with Crippen molar-refractivity contribution in [3.63, 3.8) is 0 Å². The van der Waals surface area contributed by atoms with Gasteiger partial charge in [-0.15, -0.1) is 0 Å². The van der Waals surface area contributed by atoms with Crippen molar-refractivity contribution in [2.45, 2.75) is 25.5 Å². The number of likely N-dealkylation sites (N-methyl/N-ethyl adjacent to an activating group) is 1. The van der Waals surface area contributed by atoms with Crippen LogP contribution in [-0.4, -0.2) is 55.7 Å². The summed E-state index contributed by atoms with van der Waals surface area (Å²) in [5.41, 5.74) is 1.90. The zero-order valence-electron chi connectivity index (χ0n) is 17.9. The van der Waals surface area contributed by atoms with Crippen LogP contribution in [0, 0.1) is 5.82 Å². The van der Waals surface area contributed by atoms with E-state index in [9.17, 15) is 18.8 Å². The number of cyclic esters (lactones) is 1. The second-order valence-corrected chi connectivity index (χ2v) is 8.10. The van der Waals surface area contributed by atoms with Gasteiger partial charge in [-0.3, -0.25) is 14.5 Å². The molecular formula is C22H22FN5O5. The zero-order valence-corrected chi connectivity index (χ0v) is 17.9. The van der Waals surface area contributed by atoms with Crippen molar-refractivity contribution in [1.29, 1.82) is 0 Å². The summed E-state index contributed by atoms with van der Waals surface area (Å²) in [4.78, 5) is 43.0. The van der Waals surface area contributed by atoms with Gasteiger partial charge in [-0.25, -0.2) is 14.2 Å². The monoisotopic (exact) mass is 455 g/mol. The molecule has 3 amide bonds. The van der Waals surface area contributed by atoms with Crippen molar-refractivity contribution in [3.05, 3.63) is 41.2 Å². The Balaban J connectivity index is 1.18. The number of carbonyl (C=O) groups is 3. The number of hydrogen-bond acceptors (Lipinski definition) is 7. The van der Waals surface area contributed by atoms with Crippen LogP contribution in [0.3, 0.4) is 0 Å². The summed E-state index contributed by atoms with van der Waals surface area (Å²) in [6.07, 6.45) is -0.107. The van der Waals surface area contributed by atoms with E-state index < -0.39 is 6.09 Å². The third-order valence-corrected chi connectivity index (χ3v) is 5.92. The smallest absolute Gasteiger partial charge is 0.415 e. The number of nitrogens with one attached hydrogen (secondary N) is 2. The van der Waals surface area contributed by atoms with Gasteiger partial charge in [0.1, 0.15) is 17.7 Å². The molecule has 172 valence electrons. The van der Waals surface area contributed by atoms with Crippen LogP contribution in [0.5, 0.6) is 5.75 Å². The van der Waals surface area contributed by atoms with Gasteiger partial charge in [0.25, 0.3) is 5.91 Å². The van der Waals surface area contributed by atoms with Gasteiger partial charge in [-0.2, -0.15) is 0 Å². The van der Waals surface area contributed by atoms with Crippen molar-refractivity contribution >= 4 is 35.2 Å². The SMILES string of the molecule is CN1C(=O)Cc2ccc(F)c(CNCCC3CN(c4ccc5c(n4)NC(=O)CO5)C(=O)O3)c21. The van der Waals surface area contributed by atoms with Gasteiger partial charge < -0.3 is 25.0 Å². The second kappa shape index (κ2) is 8.32. The van der Waals surface area contributed by atoms with E-state index in [-0.39, 0.29) is 49.1 Å². The highest BCUT2D eigenvalue weighted by atomic mass is 19.1. The first-order valence-electron chi connectivity index (χ1n) is 10.6. The van der Waals surface area contributed by atoms with Gasteiger partial charge in [-0.05, 0) is 36.7 Å². The Morgan fingerprint density at radius 3 is 2.94 bits per heavy atom. The van der Waals surface area contributed by atoms with Crippen LogP contribution < -0.4 is 25.2 Å². The fraction of sp³-hybridized carbons (Fsp3) is 0.364. The first-order valence-corrected chi connectivity index (χ1v) is 10.6. The van der Waals surface area contributed by atoms with Crippen molar-refractivity contribution in [1.82, 2.24) is 10.3 Å². The molecule has 10 nitrogen and oxygen atoms in total. The van der Waals surface area contributed by atoms with Gasteiger partial charge in [0, 0.05) is 19.2 Å². The number of amides is 3. The lowest BCUT2D eigenvalue weighted by Crippen LogP contribution is -2.29. The third kappa shape index (κ3) is 3.95. The van der Waals surface area contributed by atoms with E-state index >= 15 is 0 Å². The normalized spacial score (nSPS) is 19.2. The molecule has 1 saturated heterocycles. The molecule has 0 aliphatic carbocycles. The largest absolute Gasteiger partial charge is 0.480 e. The molecule has 0 spiro atoms. The van der Waals surface area contributed by atoms with E-state index in [2.05, 4.69) is 15.6 Å². The fourth-order valence-electron chi connectivity index (χ4n) is 4.23. The molecule has 2 N–H and O–H groups in total. The predicted octanol–water partition coefficient (Wildman–Crippen LogP) is 1.58. The lowest BCUT2D eigenvalue weighted by molar-refractivity contribution is -0.119. The molecule has 5 rings (SSSR count). The molecule has 1 fully saturated rings. The highest BCUT2D eigenvalue weighted by molar-refractivity contribution is 6.01. The summed E-state index contributed by atoms with van der Waals surface area (Å²) in [5, 5.41) is 5.80. The summed E-state index contributed by atoms with van der Waals surface area (Å²) < 4.78 is 25.1. The fourth-order valence-corrected chi connectivity index (χ4v) is 4.23. The maximum absolute atomic E-state index is 14.4. The molecule has 1 aromatic carbocycles. The van der Waals surface area contributed by atoms with Crippen LogP contribution in [0.2, 0.25) is 0 Å². The van der Waals surface area contributed by atoms with E-state index in [1.165, 1.54) is 15.9 Å². The van der Waals surface area contributed by atoms with Gasteiger partial charge in [0.05, 0.1) is 18.7 Å². The lowest BCUT2D eigenvalue weighted by Gasteiger charge is -2.19. The average molecular weight is 455 g/mol. The highest BCUT2D eigenvalue weighted by Crippen LogP contribution is 2.33. The quantitative estimate of drug-likeness (QED) is 0.636. The van der Waals surface area contributed by atoms with Crippen LogP contribution in [0.15, 0.2) is 24.3 Å². The Kier molecular flexibility index (Phi) is 5.33. The number of carbonyl (C=O) groups excluding carboxylic acids is 3. The topological polar surface area (TPSA) is 113 Å². The predicted molar refractivity (Wildman–Crippen MR) is 116 cm³/mol. The number of hydrogen-bond donors (Lipinski definition) is 2. The average Bonchev–Trinajstić information content (AvgIpc) is 3.31. The summed E-state index contributed by atoms with van der Waals surface area (Å²) in [6.45, 7) is 0.960. The molecule has 11 heteroatoms. The molecule has 4 heterocycles. The summed E-state index contributed by atoms with van der Waals surface area (Å²) in [7, 11) is 1.65. The minimum absolute atomic E-state index is 0.0586. The van der Waals surface area contributed by atoms with E-state index in [1.807, 2.05) is 0 Å². The first-order chi connectivity index (χ1) is 15.9. The minimum Gasteiger partial charge on any atom is -0.480 e. The first kappa shape index (κ1) is 21.1. The van der Waals surface area contributed by atoms with Crippen molar-refractivity contribution in [2.75, 3.05) is 41.9 Å². The number of halogens is 1. The molecule has 33 heavy (non-hydrogen) atoms. The van der Waals surface area contributed by atoms with Crippen LogP contribution in [-0.2, 0) is 27.3 Å². The minimum atomic E-state index is -0.525. The van der Waals surface area contributed by atoms with Gasteiger partial charge >= 0.3 is 6.09 Å². The number of ether oxygens (including phenoxy) is 2. The van der Waals surface area contributed by atoms with Crippen LogP contribution in [0.1, 0.15) is 17.5 Å². The number of anilines is 3. The number of nitrogens with zero attached hydrogens (tertiary/aromatic N) is 3. The lowest BCUT2D eigenvalue weighted by atomic mass is 10.1. The number of pyridine rings is 1. The Morgan fingerprint density at radius 1 is 1.24 bits per heavy atom. The molecule has 0 saturated carbocycles. The molecule has 1 atom stereocenters. The Labute approximate surface area is 188 Å². The van der Waals surface area contributed by atoms with Crippen LogP contribution in [0.4, 0.5) is 26.5 Å². The Bertz CT molecular complexity index is 1160. The van der Waals surface area contributed by atoms with Crippen molar-refractivity contribution in [3.8, 4) is 5.75 Å². The molecule has 1 unspecified atom stereocenters. The maximum atomic E-state index is 14.4. The second-order valence-electron chi connectivity index (χ2n) is 8.10. The molecule has 0 radical (unpaired) electrons. The zero-order chi connectivity index (χ0) is 23.1. The van der Waals surface area contributed by atoms with E-state index in [0.29, 0.717) is 42.3 Å². The number of aromatic nitrogens is 1. The number of rotatable bonds is 6. The van der Waals surface area contributed by atoms with Crippen molar-refractivity contribution < 1.29 is 28.2 Å². The maximum Gasteiger partial charge on any atom is 0.415 e. The third-order valence-electron chi connectivity index (χ3n) is 5.92. The van der Waals surface area contributed by atoms with Crippen LogP contribution in [0.25, 0.3) is 0 Å². The van der Waals surface area contributed by atoms with Crippen molar-refractivity contribution in [2.24, 2.45) is 0 Å². The van der Waals surface area contributed by atoms with Gasteiger partial charge in [0.2, 0.25) is 5.91 Å². The van der Waals surface area contributed by atoms with Gasteiger partial charge in [0.15, 0.2) is 18.2 Å². The summed E-state index contributed by atoms with van der Waals surface area (Å²) in [5.74, 6) is 0.333. The number of fused-ring (bicyclic) bond motifs is 2. The molecular weight excluding hydrogens is 433 g/mol. The molecule has 3 aliphatic heterocycles. The van der Waals surface area contributed by atoms with Gasteiger partial charge in [-0.1, -0.05) is 6.07 Å². The molecule has 1 aromatic heterocycles.